The van der Waals surface area contributed by atoms with Crippen LogP contribution < -0.4 is 10.0 Å². The summed E-state index contributed by atoms with van der Waals surface area (Å²) in [5.41, 5.74) is 1.02. The third-order valence-electron chi connectivity index (χ3n) is 3.63. The molecular weight excluding hydrogens is 407 g/mol. The number of anilines is 2. The molecule has 3 aromatic rings. The third kappa shape index (κ3) is 4.80. The summed E-state index contributed by atoms with van der Waals surface area (Å²) in [6, 6.07) is 18.8. The molecule has 0 spiro atoms. The van der Waals surface area contributed by atoms with Crippen molar-refractivity contribution < 1.29 is 13.2 Å². The zero-order valence-corrected chi connectivity index (χ0v) is 16.1. The van der Waals surface area contributed by atoms with Crippen molar-refractivity contribution >= 4 is 50.5 Å². The second-order valence-electron chi connectivity index (χ2n) is 5.57. The minimum absolute atomic E-state index is 0.00340. The second-order valence-corrected chi connectivity index (χ2v) is 8.10. The topological polar surface area (TPSA) is 75.3 Å². The number of sulfonamides is 1. The van der Waals surface area contributed by atoms with Crippen LogP contribution in [0.3, 0.4) is 0 Å². The Kier molecular flexibility index (Phi) is 5.70. The van der Waals surface area contributed by atoms with Crippen LogP contribution in [0.4, 0.5) is 11.4 Å². The van der Waals surface area contributed by atoms with E-state index in [4.69, 9.17) is 23.2 Å². The quantitative estimate of drug-likeness (QED) is 0.606. The van der Waals surface area contributed by atoms with Crippen LogP contribution in [-0.4, -0.2) is 14.3 Å². The van der Waals surface area contributed by atoms with E-state index in [-0.39, 0.29) is 21.5 Å². The van der Waals surface area contributed by atoms with Gasteiger partial charge in [0.25, 0.3) is 15.9 Å². The van der Waals surface area contributed by atoms with Crippen LogP contribution in [0.25, 0.3) is 0 Å². The molecule has 0 aromatic heterocycles. The maximum Gasteiger partial charge on any atom is 0.262 e. The van der Waals surface area contributed by atoms with Gasteiger partial charge in [-0.3, -0.25) is 9.52 Å². The van der Waals surface area contributed by atoms with Crippen molar-refractivity contribution in [3.05, 3.63) is 88.4 Å². The van der Waals surface area contributed by atoms with Gasteiger partial charge in [-0.15, -0.1) is 0 Å². The molecule has 0 aliphatic rings. The van der Waals surface area contributed by atoms with E-state index >= 15 is 0 Å². The number of para-hydroxylation sites is 1. The standard InChI is InChI=1S/C19H14Cl2N2O3S/c20-14-10-8-13(9-11-14)19(24)22-15-4-3-5-16(12-15)27(25,26)23-18-7-2-1-6-17(18)21/h1-12,23H,(H,22,24). The zero-order chi connectivity index (χ0) is 19.4. The number of benzene rings is 3. The van der Waals surface area contributed by atoms with Crippen molar-refractivity contribution in [2.75, 3.05) is 10.0 Å². The number of carbonyl (C=O) groups excluding carboxylic acids is 1. The van der Waals surface area contributed by atoms with E-state index in [0.29, 0.717) is 16.3 Å². The molecule has 0 heterocycles. The highest BCUT2D eigenvalue weighted by Gasteiger charge is 2.16. The number of hydrogen-bond donors (Lipinski definition) is 2. The van der Waals surface area contributed by atoms with Crippen molar-refractivity contribution in [2.45, 2.75) is 4.90 Å². The summed E-state index contributed by atoms with van der Waals surface area (Å²) in [6.07, 6.45) is 0. The molecule has 27 heavy (non-hydrogen) atoms. The number of halogens is 2. The summed E-state index contributed by atoms with van der Waals surface area (Å²) in [7, 11) is -3.87. The van der Waals surface area contributed by atoms with E-state index in [1.807, 2.05) is 0 Å². The number of hydrogen-bond acceptors (Lipinski definition) is 3. The van der Waals surface area contributed by atoms with E-state index in [9.17, 15) is 13.2 Å². The summed E-state index contributed by atoms with van der Waals surface area (Å²) in [5, 5.41) is 3.47. The van der Waals surface area contributed by atoms with Gasteiger partial charge in [0.15, 0.2) is 0 Å². The Morgan fingerprint density at radius 3 is 2.26 bits per heavy atom. The predicted octanol–water partition coefficient (Wildman–Crippen LogP) is 5.05. The van der Waals surface area contributed by atoms with Crippen LogP contribution >= 0.6 is 23.2 Å². The lowest BCUT2D eigenvalue weighted by molar-refractivity contribution is 0.102. The Morgan fingerprint density at radius 2 is 1.56 bits per heavy atom. The van der Waals surface area contributed by atoms with Crippen LogP contribution in [0.5, 0.6) is 0 Å². The van der Waals surface area contributed by atoms with Gasteiger partial charge in [-0.25, -0.2) is 8.42 Å². The molecule has 3 rings (SSSR count). The molecular formula is C19H14Cl2N2O3S. The molecule has 138 valence electrons. The fraction of sp³-hybridized carbons (Fsp3) is 0. The van der Waals surface area contributed by atoms with Crippen molar-refractivity contribution in [2.24, 2.45) is 0 Å². The highest BCUT2D eigenvalue weighted by molar-refractivity contribution is 7.92. The van der Waals surface area contributed by atoms with Crippen LogP contribution in [0.2, 0.25) is 10.0 Å². The van der Waals surface area contributed by atoms with Crippen LogP contribution in [0, 0.1) is 0 Å². The summed E-state index contributed by atoms with van der Waals surface area (Å²) < 4.78 is 27.6. The third-order valence-corrected chi connectivity index (χ3v) is 5.57. The number of rotatable bonds is 5. The second kappa shape index (κ2) is 8.00. The lowest BCUT2D eigenvalue weighted by atomic mass is 10.2. The van der Waals surface area contributed by atoms with Gasteiger partial charge in [-0.05, 0) is 54.6 Å². The average molecular weight is 421 g/mol. The highest BCUT2D eigenvalue weighted by atomic mass is 35.5. The largest absolute Gasteiger partial charge is 0.322 e. The minimum Gasteiger partial charge on any atom is -0.322 e. The lowest BCUT2D eigenvalue weighted by Crippen LogP contribution is -2.15. The van der Waals surface area contributed by atoms with Crippen LogP contribution in [0.1, 0.15) is 10.4 Å². The van der Waals surface area contributed by atoms with Gasteiger partial charge in [-0.1, -0.05) is 41.4 Å². The van der Waals surface area contributed by atoms with E-state index in [1.54, 1.807) is 60.7 Å². The molecule has 8 heteroatoms. The minimum atomic E-state index is -3.87. The molecule has 0 saturated heterocycles. The molecule has 0 aliphatic carbocycles. The predicted molar refractivity (Wildman–Crippen MR) is 108 cm³/mol. The normalized spacial score (nSPS) is 11.0. The maximum atomic E-state index is 12.6. The fourth-order valence-electron chi connectivity index (χ4n) is 2.29. The van der Waals surface area contributed by atoms with Gasteiger partial charge < -0.3 is 5.32 Å². The molecule has 0 radical (unpaired) electrons. The van der Waals surface area contributed by atoms with Gasteiger partial charge in [0.05, 0.1) is 15.6 Å². The molecule has 0 aliphatic heterocycles. The highest BCUT2D eigenvalue weighted by Crippen LogP contribution is 2.25. The Hall–Kier alpha value is -2.54. The average Bonchev–Trinajstić information content (AvgIpc) is 2.64. The van der Waals surface area contributed by atoms with Crippen molar-refractivity contribution in [3.8, 4) is 0 Å². The number of amides is 1. The van der Waals surface area contributed by atoms with E-state index in [0.717, 1.165) is 0 Å². The molecule has 0 fully saturated rings. The van der Waals surface area contributed by atoms with Gasteiger partial charge in [0.2, 0.25) is 0 Å². The number of carbonyl (C=O) groups is 1. The molecule has 5 nitrogen and oxygen atoms in total. The summed E-state index contributed by atoms with van der Waals surface area (Å²) in [6.45, 7) is 0. The summed E-state index contributed by atoms with van der Waals surface area (Å²) in [5.74, 6) is -0.375. The first-order valence-electron chi connectivity index (χ1n) is 7.79. The zero-order valence-electron chi connectivity index (χ0n) is 13.8. The fourth-order valence-corrected chi connectivity index (χ4v) is 3.78. The smallest absolute Gasteiger partial charge is 0.262 e. The molecule has 3 aromatic carbocycles. The van der Waals surface area contributed by atoms with Crippen LogP contribution in [-0.2, 0) is 10.0 Å². The van der Waals surface area contributed by atoms with Crippen molar-refractivity contribution in [1.82, 2.24) is 0 Å². The Balaban J connectivity index is 1.81. The Morgan fingerprint density at radius 1 is 0.852 bits per heavy atom. The summed E-state index contributed by atoms with van der Waals surface area (Å²) in [4.78, 5) is 12.3. The monoisotopic (exact) mass is 420 g/mol. The Labute approximate surface area is 167 Å². The van der Waals surface area contributed by atoms with Crippen molar-refractivity contribution in [1.29, 1.82) is 0 Å². The van der Waals surface area contributed by atoms with E-state index in [1.165, 1.54) is 12.1 Å². The van der Waals surface area contributed by atoms with Gasteiger partial charge >= 0.3 is 0 Å². The summed E-state index contributed by atoms with van der Waals surface area (Å²) >= 11 is 11.8. The molecule has 0 atom stereocenters. The van der Waals surface area contributed by atoms with E-state index in [2.05, 4.69) is 10.0 Å². The van der Waals surface area contributed by atoms with Gasteiger partial charge in [0.1, 0.15) is 0 Å². The van der Waals surface area contributed by atoms with Gasteiger partial charge in [-0.2, -0.15) is 0 Å². The van der Waals surface area contributed by atoms with Gasteiger partial charge in [0, 0.05) is 16.3 Å². The van der Waals surface area contributed by atoms with Crippen molar-refractivity contribution in [3.63, 3.8) is 0 Å². The molecule has 2 N–H and O–H groups in total. The lowest BCUT2D eigenvalue weighted by Gasteiger charge is -2.11. The first kappa shape index (κ1) is 19.2. The molecule has 1 amide bonds. The molecule has 0 saturated carbocycles. The SMILES string of the molecule is O=C(Nc1cccc(S(=O)(=O)Nc2ccccc2Cl)c1)c1ccc(Cl)cc1. The Bertz CT molecular complexity index is 1080. The molecule has 0 unspecified atom stereocenters. The molecule has 0 bridgehead atoms. The number of nitrogens with one attached hydrogen (secondary N) is 2. The first-order chi connectivity index (χ1) is 12.8. The van der Waals surface area contributed by atoms with Crippen LogP contribution in [0.15, 0.2) is 77.7 Å². The maximum absolute atomic E-state index is 12.6. The first-order valence-corrected chi connectivity index (χ1v) is 10.0. The van der Waals surface area contributed by atoms with E-state index < -0.39 is 10.0 Å².